The van der Waals surface area contributed by atoms with E-state index in [4.69, 9.17) is 4.74 Å². The van der Waals surface area contributed by atoms with Gasteiger partial charge in [0, 0.05) is 12.2 Å². The minimum Gasteiger partial charge on any atom is -0.489 e. The first-order valence-corrected chi connectivity index (χ1v) is 7.49. The average molecular weight is 260 g/mol. The van der Waals surface area contributed by atoms with E-state index in [1.54, 1.807) is 0 Å². The lowest BCUT2D eigenvalue weighted by Crippen LogP contribution is -2.21. The largest absolute Gasteiger partial charge is 0.489 e. The maximum absolute atomic E-state index is 5.75. The lowest BCUT2D eigenvalue weighted by molar-refractivity contribution is 0.241. The summed E-state index contributed by atoms with van der Waals surface area (Å²) in [6.07, 6.45) is 8.26. The van der Waals surface area contributed by atoms with Crippen molar-refractivity contribution in [3.05, 3.63) is 24.0 Å². The van der Waals surface area contributed by atoms with Crippen LogP contribution in [-0.4, -0.2) is 18.1 Å². The molecular weight excluding hydrogens is 236 g/mol. The molecule has 0 aliphatic heterocycles. The first-order valence-electron chi connectivity index (χ1n) is 7.49. The van der Waals surface area contributed by atoms with Crippen LogP contribution >= 0.6 is 0 Å². The van der Waals surface area contributed by atoms with E-state index in [0.29, 0.717) is 6.04 Å². The fourth-order valence-electron chi connectivity index (χ4n) is 3.89. The van der Waals surface area contributed by atoms with Crippen molar-refractivity contribution >= 4 is 0 Å². The second-order valence-corrected chi connectivity index (χ2v) is 6.22. The van der Waals surface area contributed by atoms with E-state index in [-0.39, 0.29) is 6.10 Å². The number of hydrogen-bond donors (Lipinski definition) is 1. The third-order valence-electron chi connectivity index (χ3n) is 4.63. The van der Waals surface area contributed by atoms with Crippen LogP contribution in [0, 0.1) is 17.8 Å². The zero-order chi connectivity index (χ0) is 13.4. The molecular formula is C16H24N2O. The van der Waals surface area contributed by atoms with Gasteiger partial charge in [-0.2, -0.15) is 0 Å². The van der Waals surface area contributed by atoms with E-state index < -0.39 is 0 Å². The topological polar surface area (TPSA) is 34.2 Å². The molecule has 0 amide bonds. The Balaban J connectivity index is 1.76. The molecule has 0 aromatic carbocycles. The summed E-state index contributed by atoms with van der Waals surface area (Å²) >= 11 is 0. The number of nitrogens with one attached hydrogen (secondary N) is 1. The van der Waals surface area contributed by atoms with E-state index in [1.807, 2.05) is 26.2 Å². The van der Waals surface area contributed by atoms with Crippen molar-refractivity contribution in [2.24, 2.45) is 17.8 Å². The van der Waals surface area contributed by atoms with Gasteiger partial charge in [-0.05, 0) is 63.1 Å². The average Bonchev–Trinajstić information content (AvgIpc) is 2.84. The molecule has 19 heavy (non-hydrogen) atoms. The van der Waals surface area contributed by atoms with Gasteiger partial charge in [0.25, 0.3) is 0 Å². The molecule has 0 spiro atoms. The number of ether oxygens (including phenoxy) is 1. The molecule has 2 fully saturated rings. The summed E-state index contributed by atoms with van der Waals surface area (Å²) in [5, 5.41) is 3.49. The van der Waals surface area contributed by atoms with E-state index >= 15 is 0 Å². The predicted molar refractivity (Wildman–Crippen MR) is 76.1 cm³/mol. The highest BCUT2D eigenvalue weighted by Gasteiger charge is 2.55. The second-order valence-electron chi connectivity index (χ2n) is 6.22. The molecule has 2 aliphatic rings. The highest BCUT2D eigenvalue weighted by atomic mass is 16.5. The van der Waals surface area contributed by atoms with Crippen LogP contribution in [0.2, 0.25) is 0 Å². The van der Waals surface area contributed by atoms with Crippen molar-refractivity contribution in [1.82, 2.24) is 10.3 Å². The van der Waals surface area contributed by atoms with Crippen LogP contribution in [-0.2, 0) is 0 Å². The van der Waals surface area contributed by atoms with Gasteiger partial charge in [0.05, 0.1) is 12.3 Å². The lowest BCUT2D eigenvalue weighted by atomic mass is 9.98. The molecule has 104 valence electrons. The number of pyridine rings is 1. The van der Waals surface area contributed by atoms with Crippen molar-refractivity contribution in [2.75, 3.05) is 7.05 Å². The molecule has 0 saturated heterocycles. The molecule has 1 heterocycles. The molecule has 1 aromatic heterocycles. The third-order valence-corrected chi connectivity index (χ3v) is 4.63. The maximum Gasteiger partial charge on any atom is 0.138 e. The first kappa shape index (κ1) is 12.9. The fraction of sp³-hybridized carbons (Fsp3) is 0.688. The van der Waals surface area contributed by atoms with Crippen molar-refractivity contribution in [2.45, 2.75) is 45.3 Å². The van der Waals surface area contributed by atoms with Crippen LogP contribution in [0.1, 0.15) is 44.7 Å². The van der Waals surface area contributed by atoms with Crippen LogP contribution in [0.3, 0.4) is 0 Å². The van der Waals surface area contributed by atoms with Gasteiger partial charge in [-0.3, -0.25) is 4.98 Å². The molecule has 3 rings (SSSR count). The third kappa shape index (κ3) is 2.48. The summed E-state index contributed by atoms with van der Waals surface area (Å²) in [5.74, 6) is 3.60. The van der Waals surface area contributed by atoms with Crippen LogP contribution in [0.15, 0.2) is 18.5 Å². The normalized spacial score (nSPS) is 30.2. The molecule has 3 nitrogen and oxygen atoms in total. The Bertz CT molecular complexity index is 436. The van der Waals surface area contributed by atoms with E-state index in [9.17, 15) is 0 Å². The first-order chi connectivity index (χ1) is 9.20. The Labute approximate surface area is 115 Å². The van der Waals surface area contributed by atoms with Crippen molar-refractivity contribution in [3.63, 3.8) is 0 Å². The standard InChI is InChI=1S/C16H24N2O/c1-10(2)19-12-7-11(8-18-9-12)16(17-3)15-13-5-4-6-14(13)15/h7-10,13-17H,4-6H2,1-3H3. The molecule has 3 heteroatoms. The monoisotopic (exact) mass is 260 g/mol. The Kier molecular flexibility index (Phi) is 3.48. The second kappa shape index (κ2) is 5.12. The van der Waals surface area contributed by atoms with Crippen LogP contribution in [0.25, 0.3) is 0 Å². The maximum atomic E-state index is 5.75. The predicted octanol–water partition coefficient (Wildman–Crippen LogP) is 3.18. The van der Waals surface area contributed by atoms with Crippen LogP contribution < -0.4 is 10.1 Å². The molecule has 0 radical (unpaired) electrons. The molecule has 2 saturated carbocycles. The molecule has 3 atom stereocenters. The van der Waals surface area contributed by atoms with Gasteiger partial charge in [-0.1, -0.05) is 6.42 Å². The molecule has 0 bridgehead atoms. The Morgan fingerprint density at radius 3 is 2.63 bits per heavy atom. The van der Waals surface area contributed by atoms with Gasteiger partial charge in [-0.25, -0.2) is 0 Å². The quantitative estimate of drug-likeness (QED) is 0.883. The van der Waals surface area contributed by atoms with E-state index in [1.165, 1.54) is 24.8 Å². The minimum atomic E-state index is 0.199. The molecule has 1 N–H and O–H groups in total. The summed E-state index contributed by atoms with van der Waals surface area (Å²) in [6.45, 7) is 4.10. The molecule has 1 aromatic rings. The SMILES string of the molecule is CNC(c1cncc(OC(C)C)c1)C1C2CCCC21. The summed E-state index contributed by atoms with van der Waals surface area (Å²) < 4.78 is 5.75. The lowest BCUT2D eigenvalue weighted by Gasteiger charge is -2.19. The Morgan fingerprint density at radius 2 is 2.00 bits per heavy atom. The highest BCUT2D eigenvalue weighted by molar-refractivity contribution is 5.28. The van der Waals surface area contributed by atoms with E-state index in [2.05, 4.69) is 23.4 Å². The van der Waals surface area contributed by atoms with Crippen molar-refractivity contribution in [1.29, 1.82) is 0 Å². The van der Waals surface area contributed by atoms with Crippen molar-refractivity contribution < 1.29 is 4.74 Å². The summed E-state index contributed by atoms with van der Waals surface area (Å²) in [5.41, 5.74) is 1.28. The zero-order valence-corrected chi connectivity index (χ0v) is 12.1. The van der Waals surface area contributed by atoms with Crippen molar-refractivity contribution in [3.8, 4) is 5.75 Å². The van der Waals surface area contributed by atoms with Gasteiger partial charge in [0.15, 0.2) is 0 Å². The molecule has 2 aliphatic carbocycles. The van der Waals surface area contributed by atoms with Gasteiger partial charge >= 0.3 is 0 Å². The van der Waals surface area contributed by atoms with Crippen LogP contribution in [0.4, 0.5) is 0 Å². The minimum absolute atomic E-state index is 0.199. The Hall–Kier alpha value is -1.09. The van der Waals surface area contributed by atoms with Gasteiger partial charge in [0.1, 0.15) is 5.75 Å². The number of fused-ring (bicyclic) bond motifs is 1. The zero-order valence-electron chi connectivity index (χ0n) is 12.1. The molecule has 3 unspecified atom stereocenters. The number of hydrogen-bond acceptors (Lipinski definition) is 3. The van der Waals surface area contributed by atoms with E-state index in [0.717, 1.165) is 23.5 Å². The van der Waals surface area contributed by atoms with Gasteiger partial charge in [0.2, 0.25) is 0 Å². The number of nitrogens with zero attached hydrogens (tertiary/aromatic N) is 1. The summed E-state index contributed by atoms with van der Waals surface area (Å²) in [6, 6.07) is 2.60. The smallest absolute Gasteiger partial charge is 0.138 e. The number of rotatable bonds is 5. The fourth-order valence-corrected chi connectivity index (χ4v) is 3.89. The van der Waals surface area contributed by atoms with Gasteiger partial charge < -0.3 is 10.1 Å². The summed E-state index contributed by atoms with van der Waals surface area (Å²) in [7, 11) is 2.06. The van der Waals surface area contributed by atoms with Crippen LogP contribution in [0.5, 0.6) is 5.75 Å². The van der Waals surface area contributed by atoms with Gasteiger partial charge in [-0.15, -0.1) is 0 Å². The summed E-state index contributed by atoms with van der Waals surface area (Å²) in [4.78, 5) is 4.35. The Morgan fingerprint density at radius 1 is 1.26 bits per heavy atom. The highest BCUT2D eigenvalue weighted by Crippen LogP contribution is 2.62. The number of aromatic nitrogens is 1.